The van der Waals surface area contributed by atoms with Gasteiger partial charge in [-0.2, -0.15) is 5.06 Å². The average molecular weight is 156 g/mol. The molecule has 1 fully saturated rings. The fourth-order valence-corrected chi connectivity index (χ4v) is 1.03. The second-order valence-corrected chi connectivity index (χ2v) is 2.73. The van der Waals surface area contributed by atoms with Crippen LogP contribution in [0.1, 0.15) is 6.92 Å². The van der Waals surface area contributed by atoms with Crippen molar-refractivity contribution >= 4 is 0 Å². The topological polar surface area (TPSA) is 24.5 Å². The second-order valence-electron chi connectivity index (χ2n) is 2.73. The number of hydroxylamine groups is 2. The molecule has 1 aliphatic heterocycles. The summed E-state index contributed by atoms with van der Waals surface area (Å²) in [7, 11) is 0. The van der Waals surface area contributed by atoms with Crippen molar-refractivity contribution in [2.75, 3.05) is 26.2 Å². The minimum atomic E-state index is 0.132. The Labute approximate surface area is 68.0 Å². The lowest BCUT2D eigenvalue weighted by Crippen LogP contribution is -2.44. The van der Waals surface area contributed by atoms with Gasteiger partial charge in [-0.05, 0) is 6.92 Å². The van der Waals surface area contributed by atoms with Gasteiger partial charge >= 0.3 is 0 Å². The van der Waals surface area contributed by atoms with Crippen LogP contribution in [0.4, 0.5) is 0 Å². The molecule has 3 heteroatoms. The largest absolute Gasteiger partial charge is 0.314 e. The van der Waals surface area contributed by atoms with E-state index in [0.29, 0.717) is 0 Å². The van der Waals surface area contributed by atoms with Crippen molar-refractivity contribution in [3.63, 3.8) is 0 Å². The first-order valence-electron chi connectivity index (χ1n) is 4.08. The van der Waals surface area contributed by atoms with E-state index in [2.05, 4.69) is 11.9 Å². The van der Waals surface area contributed by atoms with E-state index in [4.69, 9.17) is 4.84 Å². The van der Waals surface area contributed by atoms with E-state index < -0.39 is 0 Å². The maximum absolute atomic E-state index is 5.52. The van der Waals surface area contributed by atoms with E-state index in [9.17, 15) is 0 Å². The molecule has 1 N–H and O–H groups in total. The minimum absolute atomic E-state index is 0.132. The lowest BCUT2D eigenvalue weighted by atomic mass is 10.4. The highest BCUT2D eigenvalue weighted by Crippen LogP contribution is 1.99. The van der Waals surface area contributed by atoms with Gasteiger partial charge in [0.15, 0.2) is 0 Å². The third-order valence-corrected chi connectivity index (χ3v) is 1.72. The zero-order valence-electron chi connectivity index (χ0n) is 7.05. The summed E-state index contributed by atoms with van der Waals surface area (Å²) >= 11 is 0. The van der Waals surface area contributed by atoms with Crippen LogP contribution < -0.4 is 5.32 Å². The summed E-state index contributed by atoms with van der Waals surface area (Å²) in [4.78, 5) is 5.52. The van der Waals surface area contributed by atoms with Crippen LogP contribution in [0.15, 0.2) is 12.7 Å². The van der Waals surface area contributed by atoms with Gasteiger partial charge < -0.3 is 5.32 Å². The number of hydrogen-bond donors (Lipinski definition) is 1. The van der Waals surface area contributed by atoms with E-state index in [0.717, 1.165) is 26.2 Å². The molecule has 0 aromatic heterocycles. The molecule has 0 amide bonds. The van der Waals surface area contributed by atoms with Gasteiger partial charge in [0.25, 0.3) is 0 Å². The zero-order valence-corrected chi connectivity index (χ0v) is 7.05. The Kier molecular flexibility index (Phi) is 3.56. The zero-order chi connectivity index (χ0) is 8.10. The van der Waals surface area contributed by atoms with E-state index in [1.54, 1.807) is 0 Å². The van der Waals surface area contributed by atoms with Crippen molar-refractivity contribution in [3.8, 4) is 0 Å². The van der Waals surface area contributed by atoms with E-state index >= 15 is 0 Å². The summed E-state index contributed by atoms with van der Waals surface area (Å²) in [5.41, 5.74) is 0. The third kappa shape index (κ3) is 3.01. The SMILES string of the molecule is C=CC(C)ON1CCNCC1. The summed E-state index contributed by atoms with van der Waals surface area (Å²) in [5.74, 6) is 0. The van der Waals surface area contributed by atoms with Crippen LogP contribution in [0.3, 0.4) is 0 Å². The molecule has 1 aliphatic rings. The van der Waals surface area contributed by atoms with Gasteiger partial charge in [-0.25, -0.2) is 0 Å². The first-order chi connectivity index (χ1) is 5.33. The van der Waals surface area contributed by atoms with Gasteiger partial charge in [0.1, 0.15) is 0 Å². The molecule has 0 spiro atoms. The lowest BCUT2D eigenvalue weighted by Gasteiger charge is -2.28. The van der Waals surface area contributed by atoms with Gasteiger partial charge in [0, 0.05) is 26.2 Å². The molecule has 1 rings (SSSR count). The van der Waals surface area contributed by atoms with Gasteiger partial charge in [-0.15, -0.1) is 6.58 Å². The van der Waals surface area contributed by atoms with Crippen molar-refractivity contribution in [2.24, 2.45) is 0 Å². The predicted molar refractivity (Wildman–Crippen MR) is 45.2 cm³/mol. The van der Waals surface area contributed by atoms with Crippen LogP contribution in [0, 0.1) is 0 Å². The van der Waals surface area contributed by atoms with Gasteiger partial charge in [-0.1, -0.05) is 6.08 Å². The number of piperazine rings is 1. The van der Waals surface area contributed by atoms with Gasteiger partial charge in [-0.3, -0.25) is 4.84 Å². The molecule has 0 bridgehead atoms. The number of nitrogens with one attached hydrogen (secondary N) is 1. The summed E-state index contributed by atoms with van der Waals surface area (Å²) in [6.45, 7) is 9.63. The molecule has 1 heterocycles. The Bertz CT molecular complexity index is 121. The monoisotopic (exact) mass is 156 g/mol. The smallest absolute Gasteiger partial charge is 0.0943 e. The highest BCUT2D eigenvalue weighted by Gasteiger charge is 2.11. The van der Waals surface area contributed by atoms with Crippen LogP contribution in [0.2, 0.25) is 0 Å². The van der Waals surface area contributed by atoms with Crippen molar-refractivity contribution in [1.82, 2.24) is 10.4 Å². The molecule has 11 heavy (non-hydrogen) atoms. The summed E-state index contributed by atoms with van der Waals surface area (Å²) in [6, 6.07) is 0. The summed E-state index contributed by atoms with van der Waals surface area (Å²) < 4.78 is 0. The Morgan fingerprint density at radius 1 is 1.55 bits per heavy atom. The number of hydrogen-bond acceptors (Lipinski definition) is 3. The second kappa shape index (κ2) is 4.49. The Balaban J connectivity index is 2.18. The standard InChI is InChI=1S/C8H16N2O/c1-3-8(2)11-10-6-4-9-5-7-10/h3,8-9H,1,4-7H2,2H3. The third-order valence-electron chi connectivity index (χ3n) is 1.72. The Morgan fingerprint density at radius 3 is 2.73 bits per heavy atom. The minimum Gasteiger partial charge on any atom is -0.314 e. The quantitative estimate of drug-likeness (QED) is 0.598. The van der Waals surface area contributed by atoms with E-state index in [1.165, 1.54) is 0 Å². The van der Waals surface area contributed by atoms with Crippen molar-refractivity contribution in [2.45, 2.75) is 13.0 Å². The first-order valence-corrected chi connectivity index (χ1v) is 4.08. The van der Waals surface area contributed by atoms with Gasteiger partial charge in [0.2, 0.25) is 0 Å². The molecule has 0 saturated carbocycles. The van der Waals surface area contributed by atoms with Crippen LogP contribution >= 0.6 is 0 Å². The normalized spacial score (nSPS) is 23.0. The number of nitrogens with zero attached hydrogens (tertiary/aromatic N) is 1. The van der Waals surface area contributed by atoms with Crippen molar-refractivity contribution in [1.29, 1.82) is 0 Å². The Morgan fingerprint density at radius 2 is 2.18 bits per heavy atom. The fourth-order valence-electron chi connectivity index (χ4n) is 1.03. The molecule has 1 atom stereocenters. The maximum Gasteiger partial charge on any atom is 0.0943 e. The fraction of sp³-hybridized carbons (Fsp3) is 0.750. The first kappa shape index (κ1) is 8.71. The van der Waals surface area contributed by atoms with E-state index in [1.807, 2.05) is 18.1 Å². The molecule has 1 saturated heterocycles. The van der Waals surface area contributed by atoms with Crippen molar-refractivity contribution < 1.29 is 4.84 Å². The molecular formula is C8H16N2O. The molecule has 0 radical (unpaired) electrons. The summed E-state index contributed by atoms with van der Waals surface area (Å²) in [5, 5.41) is 5.25. The molecule has 1 unspecified atom stereocenters. The van der Waals surface area contributed by atoms with E-state index in [-0.39, 0.29) is 6.10 Å². The Hall–Kier alpha value is -0.380. The molecule has 3 nitrogen and oxygen atoms in total. The maximum atomic E-state index is 5.52. The van der Waals surface area contributed by atoms with Crippen LogP contribution in [0.5, 0.6) is 0 Å². The predicted octanol–water partition coefficient (Wildman–Crippen LogP) is 0.398. The average Bonchev–Trinajstić information content (AvgIpc) is 2.06. The molecule has 0 aromatic rings. The summed E-state index contributed by atoms with van der Waals surface area (Å²) in [6.07, 6.45) is 1.94. The highest BCUT2D eigenvalue weighted by molar-refractivity contribution is 4.75. The number of rotatable bonds is 3. The van der Waals surface area contributed by atoms with Gasteiger partial charge in [0.05, 0.1) is 6.10 Å². The van der Waals surface area contributed by atoms with Crippen LogP contribution in [-0.4, -0.2) is 37.3 Å². The van der Waals surface area contributed by atoms with Crippen LogP contribution in [-0.2, 0) is 4.84 Å². The molecule has 64 valence electrons. The molecule has 0 aromatic carbocycles. The molecule has 0 aliphatic carbocycles. The lowest BCUT2D eigenvalue weighted by molar-refractivity contribution is -0.183. The molecular weight excluding hydrogens is 140 g/mol. The van der Waals surface area contributed by atoms with Crippen LogP contribution in [0.25, 0.3) is 0 Å². The highest BCUT2D eigenvalue weighted by atomic mass is 16.7. The van der Waals surface area contributed by atoms with Crippen molar-refractivity contribution in [3.05, 3.63) is 12.7 Å².